The van der Waals surface area contributed by atoms with Gasteiger partial charge in [0.05, 0.1) is 42.3 Å². The van der Waals surface area contributed by atoms with E-state index in [1.54, 1.807) is 0 Å². The Kier molecular flexibility index (Phi) is 18.5. The molecular formula is C39H48O15. The Balaban J connectivity index is 3.72. The van der Waals surface area contributed by atoms with Crippen LogP contribution < -0.4 is 0 Å². The average Bonchev–Trinajstić information content (AvgIpc) is 3.13. The number of benzene rings is 1. The lowest BCUT2D eigenvalue weighted by molar-refractivity contribution is -0.168. The lowest BCUT2D eigenvalue weighted by Gasteiger charge is -2.35. The van der Waals surface area contributed by atoms with E-state index in [0.29, 0.717) is 0 Å². The number of esters is 7. The minimum Gasteiger partial charge on any atom is -0.465 e. The maximum Gasteiger partial charge on any atom is 0.339 e. The quantitative estimate of drug-likeness (QED) is 0.0875. The predicted octanol–water partition coefficient (Wildman–Crippen LogP) is 4.22. The molecule has 0 unspecified atom stereocenters. The molecule has 0 atom stereocenters. The molecule has 0 amide bonds. The fraction of sp³-hybridized carbons (Fsp3) is 0.410. The van der Waals surface area contributed by atoms with E-state index in [1.807, 2.05) is 0 Å². The molecule has 0 aliphatic heterocycles. The van der Waals surface area contributed by atoms with E-state index in [1.165, 1.54) is 58.9 Å². The number of ether oxygens (including phenoxy) is 8. The highest BCUT2D eigenvalue weighted by molar-refractivity contribution is 6.03. The van der Waals surface area contributed by atoms with Gasteiger partial charge in [-0.3, -0.25) is 0 Å². The van der Waals surface area contributed by atoms with Gasteiger partial charge in [0.25, 0.3) is 0 Å². The summed E-state index contributed by atoms with van der Waals surface area (Å²) in [5.41, 5.74) is -3.37. The standard InChI is InChI=1S/C39H48O15/c1-24(2)31(40)49-18-38(19-50-32(41)25(3)4,20-51-33(42)26(5)6)16-48-17-39(21-52-34(43)27(7)8,22-53-35(44)28(9)10)23-54-37(46)30-15-13-12-14-29(30)36(45)47-11/h12-15H,1,3,5,7,9,16-23H2,2,4,6,8,10-11H3. The first-order valence-corrected chi connectivity index (χ1v) is 16.2. The molecule has 0 heterocycles. The number of rotatable bonds is 23. The van der Waals surface area contributed by atoms with Crippen molar-refractivity contribution in [2.45, 2.75) is 34.6 Å². The first kappa shape index (κ1) is 46.2. The Morgan fingerprint density at radius 2 is 0.704 bits per heavy atom. The van der Waals surface area contributed by atoms with E-state index >= 15 is 0 Å². The van der Waals surface area contributed by atoms with Crippen LogP contribution in [-0.4, -0.2) is 102 Å². The fourth-order valence-electron chi connectivity index (χ4n) is 3.94. The highest BCUT2D eigenvalue weighted by Crippen LogP contribution is 2.27. The molecule has 0 saturated heterocycles. The third kappa shape index (κ3) is 15.0. The molecule has 0 radical (unpaired) electrons. The van der Waals surface area contributed by atoms with Crippen molar-refractivity contribution < 1.29 is 71.5 Å². The Morgan fingerprint density at radius 3 is 0.963 bits per heavy atom. The molecular weight excluding hydrogens is 708 g/mol. The Bertz CT molecular complexity index is 1560. The van der Waals surface area contributed by atoms with Crippen LogP contribution in [0.2, 0.25) is 0 Å². The van der Waals surface area contributed by atoms with Gasteiger partial charge in [0.1, 0.15) is 39.6 Å². The first-order valence-electron chi connectivity index (χ1n) is 16.2. The average molecular weight is 757 g/mol. The number of methoxy groups -OCH3 is 1. The van der Waals surface area contributed by atoms with Crippen LogP contribution in [0.3, 0.4) is 0 Å². The minimum atomic E-state index is -1.67. The topological polar surface area (TPSA) is 193 Å². The van der Waals surface area contributed by atoms with Crippen molar-refractivity contribution in [1.82, 2.24) is 0 Å². The van der Waals surface area contributed by atoms with Crippen molar-refractivity contribution in [2.24, 2.45) is 10.8 Å². The molecule has 15 heteroatoms. The summed E-state index contributed by atoms with van der Waals surface area (Å²) in [6, 6.07) is 5.68. The Labute approximate surface area is 314 Å². The summed E-state index contributed by atoms with van der Waals surface area (Å²) in [6.07, 6.45) is 0. The van der Waals surface area contributed by atoms with Crippen molar-refractivity contribution in [3.8, 4) is 0 Å². The van der Waals surface area contributed by atoms with Crippen molar-refractivity contribution in [3.05, 3.63) is 96.2 Å². The fourth-order valence-corrected chi connectivity index (χ4v) is 3.94. The Hall–Kier alpha value is -5.83. The zero-order chi connectivity index (χ0) is 41.2. The molecule has 0 aliphatic rings. The van der Waals surface area contributed by atoms with Gasteiger partial charge in [-0.2, -0.15) is 0 Å². The van der Waals surface area contributed by atoms with Gasteiger partial charge in [0, 0.05) is 27.9 Å². The third-order valence-corrected chi connectivity index (χ3v) is 7.17. The molecule has 0 saturated carbocycles. The van der Waals surface area contributed by atoms with Crippen LogP contribution in [0.5, 0.6) is 0 Å². The van der Waals surface area contributed by atoms with E-state index in [9.17, 15) is 33.6 Å². The molecule has 15 nitrogen and oxygen atoms in total. The van der Waals surface area contributed by atoms with Crippen LogP contribution >= 0.6 is 0 Å². The molecule has 1 aromatic carbocycles. The highest BCUT2D eigenvalue weighted by atomic mass is 16.6. The number of hydrogen-bond acceptors (Lipinski definition) is 15. The van der Waals surface area contributed by atoms with Gasteiger partial charge in [-0.25, -0.2) is 33.6 Å². The summed E-state index contributed by atoms with van der Waals surface area (Å²) < 4.78 is 43.6. The van der Waals surface area contributed by atoms with E-state index < -0.39 is 105 Å². The summed E-state index contributed by atoms with van der Waals surface area (Å²) in [7, 11) is 1.14. The lowest BCUT2D eigenvalue weighted by atomic mass is 9.90. The van der Waals surface area contributed by atoms with Crippen LogP contribution in [0.1, 0.15) is 55.3 Å². The highest BCUT2D eigenvalue weighted by Gasteiger charge is 2.41. The van der Waals surface area contributed by atoms with Crippen molar-refractivity contribution in [2.75, 3.05) is 60.0 Å². The monoisotopic (exact) mass is 756 g/mol. The summed E-state index contributed by atoms with van der Waals surface area (Å²) in [5.74, 6) is -5.93. The molecule has 0 aromatic heterocycles. The summed E-state index contributed by atoms with van der Waals surface area (Å²) in [4.78, 5) is 88.4. The van der Waals surface area contributed by atoms with Crippen molar-refractivity contribution in [1.29, 1.82) is 0 Å². The molecule has 0 N–H and O–H groups in total. The van der Waals surface area contributed by atoms with Gasteiger partial charge in [-0.1, -0.05) is 45.0 Å². The van der Waals surface area contributed by atoms with E-state index in [2.05, 4.69) is 32.9 Å². The maximum absolute atomic E-state index is 13.4. The molecule has 0 spiro atoms. The van der Waals surface area contributed by atoms with Gasteiger partial charge < -0.3 is 37.9 Å². The molecule has 0 bridgehead atoms. The predicted molar refractivity (Wildman–Crippen MR) is 193 cm³/mol. The second kappa shape index (κ2) is 21.6. The van der Waals surface area contributed by atoms with Crippen LogP contribution in [0.25, 0.3) is 0 Å². The van der Waals surface area contributed by atoms with E-state index in [-0.39, 0.29) is 39.0 Å². The van der Waals surface area contributed by atoms with Gasteiger partial charge in [0.2, 0.25) is 0 Å². The number of carbonyl (C=O) groups excluding carboxylic acids is 7. The van der Waals surface area contributed by atoms with Crippen molar-refractivity contribution in [3.63, 3.8) is 0 Å². The van der Waals surface area contributed by atoms with Crippen molar-refractivity contribution >= 4 is 41.8 Å². The first-order chi connectivity index (χ1) is 25.2. The van der Waals surface area contributed by atoms with Gasteiger partial charge in [-0.15, -0.1) is 0 Å². The van der Waals surface area contributed by atoms with E-state index in [0.717, 1.165) is 7.11 Å². The van der Waals surface area contributed by atoms with Gasteiger partial charge >= 0.3 is 41.8 Å². The van der Waals surface area contributed by atoms with Gasteiger partial charge in [0.15, 0.2) is 0 Å². The summed E-state index contributed by atoms with van der Waals surface area (Å²) in [6.45, 7) is 20.4. The zero-order valence-corrected chi connectivity index (χ0v) is 31.6. The normalized spacial score (nSPS) is 10.9. The van der Waals surface area contributed by atoms with Crippen LogP contribution in [-0.2, 0) is 61.9 Å². The van der Waals surface area contributed by atoms with E-state index in [4.69, 9.17) is 37.9 Å². The number of carbonyl (C=O) groups is 7. The second-order valence-electron chi connectivity index (χ2n) is 12.9. The number of hydrogen-bond donors (Lipinski definition) is 0. The largest absolute Gasteiger partial charge is 0.465 e. The SMILES string of the molecule is C=C(C)C(=O)OCC(COCC(COC(=O)C(=C)C)(COC(=O)C(=C)C)COC(=O)c1ccccc1C(=O)OC)(COC(=O)C(=C)C)COC(=O)C(=C)C. The zero-order valence-electron chi connectivity index (χ0n) is 31.6. The second-order valence-corrected chi connectivity index (χ2v) is 12.9. The van der Waals surface area contributed by atoms with Crippen LogP contribution in [0.15, 0.2) is 85.0 Å². The molecule has 0 fully saturated rings. The summed E-state index contributed by atoms with van der Waals surface area (Å²) in [5, 5.41) is 0. The smallest absolute Gasteiger partial charge is 0.339 e. The molecule has 1 rings (SSSR count). The third-order valence-electron chi connectivity index (χ3n) is 7.17. The molecule has 294 valence electrons. The molecule has 1 aromatic rings. The molecule has 54 heavy (non-hydrogen) atoms. The Morgan fingerprint density at radius 1 is 0.444 bits per heavy atom. The van der Waals surface area contributed by atoms with Crippen LogP contribution in [0, 0.1) is 10.8 Å². The maximum atomic E-state index is 13.4. The van der Waals surface area contributed by atoms with Crippen LogP contribution in [0.4, 0.5) is 0 Å². The minimum absolute atomic E-state index is 0.0183. The molecule has 0 aliphatic carbocycles. The lowest BCUT2D eigenvalue weighted by Crippen LogP contribution is -2.47. The summed E-state index contributed by atoms with van der Waals surface area (Å²) >= 11 is 0. The van der Waals surface area contributed by atoms with Gasteiger partial charge in [-0.05, 0) is 46.8 Å².